The van der Waals surface area contributed by atoms with Crippen LogP contribution in [-0.4, -0.2) is 32.6 Å². The van der Waals surface area contributed by atoms with Crippen molar-refractivity contribution in [2.75, 3.05) is 11.8 Å². The number of nitrogens with one attached hydrogen (secondary N) is 1. The minimum atomic E-state index is -3.94. The Hall–Kier alpha value is -2.87. The van der Waals surface area contributed by atoms with E-state index in [-0.39, 0.29) is 21.7 Å². The normalized spacial score (nSPS) is 10.8. The van der Waals surface area contributed by atoms with Gasteiger partial charge in [0, 0.05) is 0 Å². The number of sulfonamides is 1. The highest BCUT2D eigenvalue weighted by atomic mass is 32.2. The van der Waals surface area contributed by atoms with Gasteiger partial charge in [-0.1, -0.05) is 18.2 Å². The molecule has 0 unspecified atom stereocenters. The van der Waals surface area contributed by atoms with Crippen molar-refractivity contribution in [3.8, 4) is 0 Å². The largest absolute Gasteiger partial charge is 0.478 e. The molecule has 0 fully saturated rings. The first kappa shape index (κ1) is 16.5. The average molecular weight is 335 g/mol. The average Bonchev–Trinajstić information content (AvgIpc) is 2.54. The molecule has 0 atom stereocenters. The van der Waals surface area contributed by atoms with E-state index in [1.54, 1.807) is 18.2 Å². The number of ether oxygens (including phenoxy) is 1. The minimum absolute atomic E-state index is 0.00613. The number of aromatic carboxylic acids is 1. The number of carboxylic acid groups (broad SMARTS) is 1. The number of anilines is 1. The highest BCUT2D eigenvalue weighted by molar-refractivity contribution is 7.92. The number of hydrogen-bond donors (Lipinski definition) is 2. The number of benzene rings is 2. The van der Waals surface area contributed by atoms with Crippen LogP contribution in [0.3, 0.4) is 0 Å². The molecule has 0 amide bonds. The third-order valence-corrected chi connectivity index (χ3v) is 4.35. The lowest BCUT2D eigenvalue weighted by Gasteiger charge is -2.11. The van der Waals surface area contributed by atoms with E-state index in [1.807, 2.05) is 0 Å². The first-order valence-electron chi connectivity index (χ1n) is 6.38. The molecular weight excluding hydrogens is 322 g/mol. The van der Waals surface area contributed by atoms with Gasteiger partial charge < -0.3 is 9.84 Å². The Kier molecular flexibility index (Phi) is 4.65. The van der Waals surface area contributed by atoms with E-state index in [0.717, 1.165) is 13.2 Å². The lowest BCUT2D eigenvalue weighted by molar-refractivity contribution is 0.0600. The molecule has 0 bridgehead atoms. The Morgan fingerprint density at radius 3 is 2.30 bits per heavy atom. The Balaban J connectivity index is 2.44. The summed E-state index contributed by atoms with van der Waals surface area (Å²) in [6.07, 6.45) is 0. The molecule has 2 N–H and O–H groups in total. The number of esters is 1. The lowest BCUT2D eigenvalue weighted by Crippen LogP contribution is -2.16. The summed E-state index contributed by atoms with van der Waals surface area (Å²) >= 11 is 0. The number of carbonyl (C=O) groups excluding carboxylic acids is 1. The van der Waals surface area contributed by atoms with E-state index in [9.17, 15) is 23.1 Å². The van der Waals surface area contributed by atoms with Gasteiger partial charge >= 0.3 is 11.9 Å². The van der Waals surface area contributed by atoms with Gasteiger partial charge in [-0.2, -0.15) is 0 Å². The summed E-state index contributed by atoms with van der Waals surface area (Å²) in [5, 5.41) is 9.23. The molecule has 2 rings (SSSR count). The van der Waals surface area contributed by atoms with Crippen LogP contribution in [0.2, 0.25) is 0 Å². The maximum atomic E-state index is 12.3. The zero-order valence-electron chi connectivity index (χ0n) is 12.0. The number of hydrogen-bond acceptors (Lipinski definition) is 5. The Morgan fingerprint density at radius 2 is 1.74 bits per heavy atom. The van der Waals surface area contributed by atoms with Gasteiger partial charge in [-0.25, -0.2) is 18.0 Å². The molecule has 0 radical (unpaired) electrons. The Bertz CT molecular complexity index is 846. The molecule has 0 aliphatic heterocycles. The fourth-order valence-corrected chi connectivity index (χ4v) is 2.96. The second-order valence-electron chi connectivity index (χ2n) is 4.48. The molecule has 2 aromatic carbocycles. The second kappa shape index (κ2) is 6.49. The smallest absolute Gasteiger partial charge is 0.337 e. The molecule has 0 heterocycles. The molecule has 2 aromatic rings. The Labute approximate surface area is 132 Å². The second-order valence-corrected chi connectivity index (χ2v) is 6.16. The van der Waals surface area contributed by atoms with E-state index in [0.29, 0.717) is 0 Å². The van der Waals surface area contributed by atoms with Crippen molar-refractivity contribution in [2.24, 2.45) is 0 Å². The number of carboxylic acids is 1. The van der Waals surface area contributed by atoms with Crippen LogP contribution in [0.4, 0.5) is 5.69 Å². The molecule has 0 aliphatic carbocycles. The Morgan fingerprint density at radius 1 is 1.09 bits per heavy atom. The van der Waals surface area contributed by atoms with E-state index in [4.69, 9.17) is 0 Å². The van der Waals surface area contributed by atoms with Crippen molar-refractivity contribution < 1.29 is 27.9 Å². The number of carbonyl (C=O) groups is 2. The summed E-state index contributed by atoms with van der Waals surface area (Å²) in [5.41, 5.74) is -0.492. The SMILES string of the molecule is COC(=O)c1ccc(NS(=O)(=O)c2ccccc2)c(C(=O)O)c1. The minimum Gasteiger partial charge on any atom is -0.478 e. The van der Waals surface area contributed by atoms with Gasteiger partial charge in [0.25, 0.3) is 10.0 Å². The summed E-state index contributed by atoms with van der Waals surface area (Å²) in [4.78, 5) is 22.8. The fourth-order valence-electron chi connectivity index (χ4n) is 1.86. The zero-order valence-corrected chi connectivity index (χ0v) is 12.8. The maximum absolute atomic E-state index is 12.3. The lowest BCUT2D eigenvalue weighted by atomic mass is 10.1. The van der Waals surface area contributed by atoms with Crippen molar-refractivity contribution in [1.82, 2.24) is 0 Å². The molecule has 7 nitrogen and oxygen atoms in total. The summed E-state index contributed by atoms with van der Waals surface area (Å²) in [5.74, 6) is -2.09. The predicted molar refractivity (Wildman–Crippen MR) is 82.0 cm³/mol. The molecule has 0 saturated carbocycles. The summed E-state index contributed by atoms with van der Waals surface area (Å²) < 4.78 is 31.2. The summed E-state index contributed by atoms with van der Waals surface area (Å²) in [6.45, 7) is 0. The topological polar surface area (TPSA) is 110 Å². The standard InChI is InChI=1S/C15H13NO6S/c1-22-15(19)10-7-8-13(12(9-10)14(17)18)16-23(20,21)11-5-3-2-4-6-11/h2-9,16H,1H3,(H,17,18). The number of rotatable bonds is 5. The van der Waals surface area contributed by atoms with E-state index in [1.165, 1.54) is 24.3 Å². The monoisotopic (exact) mass is 335 g/mol. The van der Waals surface area contributed by atoms with Gasteiger partial charge in [0.1, 0.15) is 0 Å². The van der Waals surface area contributed by atoms with Gasteiger partial charge in [-0.05, 0) is 30.3 Å². The van der Waals surface area contributed by atoms with Gasteiger partial charge in [-0.15, -0.1) is 0 Å². The van der Waals surface area contributed by atoms with Gasteiger partial charge in [0.05, 0.1) is 28.8 Å². The summed E-state index contributed by atoms with van der Waals surface area (Å²) in [7, 11) is -2.78. The summed E-state index contributed by atoms with van der Waals surface area (Å²) in [6, 6.07) is 11.1. The molecule has 0 saturated heterocycles. The zero-order chi connectivity index (χ0) is 17.0. The van der Waals surface area contributed by atoms with Gasteiger partial charge in [-0.3, -0.25) is 4.72 Å². The van der Waals surface area contributed by atoms with Gasteiger partial charge in [0.15, 0.2) is 0 Å². The van der Waals surface area contributed by atoms with E-state index >= 15 is 0 Å². The van der Waals surface area contributed by atoms with Crippen molar-refractivity contribution in [3.63, 3.8) is 0 Å². The fraction of sp³-hybridized carbons (Fsp3) is 0.0667. The highest BCUT2D eigenvalue weighted by Crippen LogP contribution is 2.22. The van der Waals surface area contributed by atoms with Crippen LogP contribution in [0.5, 0.6) is 0 Å². The molecule has 120 valence electrons. The van der Waals surface area contributed by atoms with E-state index < -0.39 is 22.0 Å². The maximum Gasteiger partial charge on any atom is 0.337 e. The van der Waals surface area contributed by atoms with Crippen LogP contribution in [0.25, 0.3) is 0 Å². The number of methoxy groups -OCH3 is 1. The highest BCUT2D eigenvalue weighted by Gasteiger charge is 2.20. The van der Waals surface area contributed by atoms with E-state index in [2.05, 4.69) is 9.46 Å². The molecule has 8 heteroatoms. The van der Waals surface area contributed by atoms with Crippen molar-refractivity contribution in [2.45, 2.75) is 4.90 Å². The molecule has 0 aromatic heterocycles. The van der Waals surface area contributed by atoms with Crippen LogP contribution in [0, 0.1) is 0 Å². The molecule has 0 aliphatic rings. The van der Waals surface area contributed by atoms with Crippen LogP contribution >= 0.6 is 0 Å². The van der Waals surface area contributed by atoms with Crippen LogP contribution in [-0.2, 0) is 14.8 Å². The third-order valence-electron chi connectivity index (χ3n) is 2.97. The van der Waals surface area contributed by atoms with Crippen molar-refractivity contribution in [3.05, 3.63) is 59.7 Å². The van der Waals surface area contributed by atoms with Crippen LogP contribution in [0.1, 0.15) is 20.7 Å². The van der Waals surface area contributed by atoms with Crippen LogP contribution < -0.4 is 4.72 Å². The molecule has 0 spiro atoms. The van der Waals surface area contributed by atoms with Gasteiger partial charge in [0.2, 0.25) is 0 Å². The van der Waals surface area contributed by atoms with Crippen LogP contribution in [0.15, 0.2) is 53.4 Å². The first-order chi connectivity index (χ1) is 10.8. The third kappa shape index (κ3) is 3.67. The quantitative estimate of drug-likeness (QED) is 0.809. The van der Waals surface area contributed by atoms with Crippen molar-refractivity contribution in [1.29, 1.82) is 0 Å². The molecular formula is C15H13NO6S. The molecule has 23 heavy (non-hydrogen) atoms. The first-order valence-corrected chi connectivity index (χ1v) is 7.87. The van der Waals surface area contributed by atoms with Crippen molar-refractivity contribution >= 4 is 27.6 Å². The predicted octanol–water partition coefficient (Wildman–Crippen LogP) is 1.97.